The summed E-state index contributed by atoms with van der Waals surface area (Å²) in [6.07, 6.45) is 0. The predicted molar refractivity (Wildman–Crippen MR) is 88.3 cm³/mol. The summed E-state index contributed by atoms with van der Waals surface area (Å²) < 4.78 is 16.7. The average Bonchev–Trinajstić information content (AvgIpc) is 2.77. The molecule has 0 saturated carbocycles. The molecule has 0 amide bonds. The van der Waals surface area contributed by atoms with Crippen molar-refractivity contribution in [1.29, 1.82) is 0 Å². The lowest BCUT2D eigenvalue weighted by Crippen LogP contribution is -1.99. The largest absolute Gasteiger partial charge is 0.295 e. The van der Waals surface area contributed by atoms with E-state index < -0.39 is 5.82 Å². The Hall–Kier alpha value is -0.850. The summed E-state index contributed by atoms with van der Waals surface area (Å²) in [4.78, 5) is 4.42. The smallest absolute Gasteiger partial charge is 0.144 e. The molecule has 6 heteroatoms. The van der Waals surface area contributed by atoms with Crippen molar-refractivity contribution in [3.63, 3.8) is 0 Å². The van der Waals surface area contributed by atoms with Crippen LogP contribution in [0.5, 0.6) is 0 Å². The van der Waals surface area contributed by atoms with Crippen molar-refractivity contribution in [3.8, 4) is 5.69 Å². The Bertz CT molecular complexity index is 801. The van der Waals surface area contributed by atoms with Gasteiger partial charge in [-0.15, -0.1) is 11.6 Å². The van der Waals surface area contributed by atoms with Gasteiger partial charge in [0.15, 0.2) is 0 Å². The topological polar surface area (TPSA) is 17.8 Å². The maximum Gasteiger partial charge on any atom is 0.144 e. The molecular weight excluding hydrogens is 413 g/mol. The molecule has 0 atom stereocenters. The van der Waals surface area contributed by atoms with Crippen LogP contribution in [0.25, 0.3) is 16.7 Å². The molecular formula is C14H8Cl2FIN2. The quantitative estimate of drug-likeness (QED) is 0.413. The molecule has 0 N–H and O–H groups in total. The zero-order chi connectivity index (χ0) is 14.3. The zero-order valence-electron chi connectivity index (χ0n) is 10.1. The highest BCUT2D eigenvalue weighted by Gasteiger charge is 2.14. The van der Waals surface area contributed by atoms with Gasteiger partial charge in [-0.25, -0.2) is 9.37 Å². The summed E-state index contributed by atoms with van der Waals surface area (Å²) in [7, 11) is 0. The Morgan fingerprint density at radius 2 is 2.05 bits per heavy atom. The minimum Gasteiger partial charge on any atom is -0.295 e. The first-order valence-electron chi connectivity index (χ1n) is 5.78. The highest BCUT2D eigenvalue weighted by atomic mass is 127. The van der Waals surface area contributed by atoms with E-state index in [2.05, 4.69) is 27.6 Å². The standard InChI is InChI=1S/C14H8Cl2FIN2/c15-7-14-19-12-5-10(16)11(17)6-13(12)20(14)9-3-1-2-8(18)4-9/h1-6H,7H2. The molecule has 1 aromatic heterocycles. The summed E-state index contributed by atoms with van der Waals surface area (Å²) in [6.45, 7) is 0. The molecule has 2 aromatic carbocycles. The van der Waals surface area contributed by atoms with Crippen molar-refractivity contribution >= 4 is 56.8 Å². The fourth-order valence-electron chi connectivity index (χ4n) is 2.12. The number of rotatable bonds is 2. The Morgan fingerprint density at radius 3 is 2.75 bits per heavy atom. The molecule has 20 heavy (non-hydrogen) atoms. The SMILES string of the molecule is Fc1cc2c(cc1Cl)nc(CCl)n2-c1cccc(I)c1. The second-order valence-corrected chi connectivity index (χ2v) is 6.15. The van der Waals surface area contributed by atoms with Crippen LogP contribution in [0.3, 0.4) is 0 Å². The third-order valence-electron chi connectivity index (χ3n) is 2.95. The molecule has 0 spiro atoms. The third-order valence-corrected chi connectivity index (χ3v) is 4.15. The molecule has 3 rings (SSSR count). The van der Waals surface area contributed by atoms with Gasteiger partial charge < -0.3 is 0 Å². The van der Waals surface area contributed by atoms with Crippen LogP contribution in [0, 0.1) is 9.39 Å². The van der Waals surface area contributed by atoms with Crippen LogP contribution in [0.4, 0.5) is 4.39 Å². The van der Waals surface area contributed by atoms with Crippen molar-refractivity contribution in [2.45, 2.75) is 5.88 Å². The van der Waals surface area contributed by atoms with E-state index in [0.717, 1.165) is 9.26 Å². The third kappa shape index (κ3) is 2.40. The van der Waals surface area contributed by atoms with Gasteiger partial charge in [0.25, 0.3) is 0 Å². The van der Waals surface area contributed by atoms with Crippen molar-refractivity contribution < 1.29 is 4.39 Å². The molecule has 2 nitrogen and oxygen atoms in total. The lowest BCUT2D eigenvalue weighted by atomic mass is 10.2. The van der Waals surface area contributed by atoms with Crippen molar-refractivity contribution in [2.75, 3.05) is 0 Å². The van der Waals surface area contributed by atoms with Crippen molar-refractivity contribution in [3.05, 3.63) is 56.6 Å². The number of hydrogen-bond acceptors (Lipinski definition) is 1. The van der Waals surface area contributed by atoms with E-state index in [1.165, 1.54) is 12.1 Å². The van der Waals surface area contributed by atoms with Gasteiger partial charge in [-0.1, -0.05) is 17.7 Å². The summed E-state index contributed by atoms with van der Waals surface area (Å²) >= 11 is 14.0. The zero-order valence-corrected chi connectivity index (χ0v) is 13.7. The highest BCUT2D eigenvalue weighted by Crippen LogP contribution is 2.27. The fraction of sp³-hybridized carbons (Fsp3) is 0.0714. The van der Waals surface area contributed by atoms with Crippen molar-refractivity contribution in [2.24, 2.45) is 0 Å². The van der Waals surface area contributed by atoms with Crippen LogP contribution >= 0.6 is 45.8 Å². The van der Waals surface area contributed by atoms with E-state index in [0.29, 0.717) is 16.9 Å². The van der Waals surface area contributed by atoms with E-state index in [-0.39, 0.29) is 10.9 Å². The second kappa shape index (κ2) is 5.50. The maximum atomic E-state index is 13.7. The number of fused-ring (bicyclic) bond motifs is 1. The van der Waals surface area contributed by atoms with Crippen molar-refractivity contribution in [1.82, 2.24) is 9.55 Å². The number of halogens is 4. The number of hydrogen-bond donors (Lipinski definition) is 0. The number of aromatic nitrogens is 2. The molecule has 0 unspecified atom stereocenters. The van der Waals surface area contributed by atoms with Gasteiger partial charge >= 0.3 is 0 Å². The predicted octanol–water partition coefficient (Wildman–Crippen LogP) is 5.16. The van der Waals surface area contributed by atoms with E-state index in [9.17, 15) is 4.39 Å². The van der Waals surface area contributed by atoms with Gasteiger partial charge in [-0.3, -0.25) is 4.57 Å². The molecule has 0 aliphatic carbocycles. The van der Waals surface area contributed by atoms with Crippen LogP contribution in [-0.2, 0) is 5.88 Å². The highest BCUT2D eigenvalue weighted by molar-refractivity contribution is 14.1. The summed E-state index contributed by atoms with van der Waals surface area (Å²) in [5.74, 6) is 0.428. The van der Waals surface area contributed by atoms with Gasteiger partial charge in [-0.2, -0.15) is 0 Å². The summed E-state index contributed by atoms with van der Waals surface area (Å²) in [5.41, 5.74) is 2.19. The van der Waals surface area contributed by atoms with E-state index in [1.54, 1.807) is 0 Å². The van der Waals surface area contributed by atoms with E-state index in [4.69, 9.17) is 23.2 Å². The van der Waals surface area contributed by atoms with Crippen LogP contribution in [0.15, 0.2) is 36.4 Å². The fourth-order valence-corrected chi connectivity index (χ4v) is 2.98. The first-order valence-corrected chi connectivity index (χ1v) is 7.77. The molecule has 0 radical (unpaired) electrons. The summed E-state index contributed by atoms with van der Waals surface area (Å²) in [6, 6.07) is 10.8. The molecule has 3 aromatic rings. The number of benzene rings is 2. The van der Waals surface area contributed by atoms with Crippen LogP contribution in [-0.4, -0.2) is 9.55 Å². The van der Waals surface area contributed by atoms with Gasteiger partial charge in [-0.05, 0) is 46.9 Å². The van der Waals surface area contributed by atoms with Gasteiger partial charge in [0.05, 0.1) is 21.9 Å². The summed E-state index contributed by atoms with van der Waals surface area (Å²) in [5, 5.41) is 0.0610. The van der Waals surface area contributed by atoms with Crippen LogP contribution < -0.4 is 0 Å². The molecule has 102 valence electrons. The van der Waals surface area contributed by atoms with Crippen LogP contribution in [0.2, 0.25) is 5.02 Å². The number of imidazole rings is 1. The molecule has 0 bridgehead atoms. The molecule has 0 aliphatic rings. The minimum absolute atomic E-state index is 0.0610. The average molecular weight is 421 g/mol. The Morgan fingerprint density at radius 1 is 1.25 bits per heavy atom. The van der Waals surface area contributed by atoms with E-state index in [1.807, 2.05) is 28.8 Å². The first-order chi connectivity index (χ1) is 9.60. The monoisotopic (exact) mass is 420 g/mol. The first kappa shape index (κ1) is 14.1. The Balaban J connectivity index is 2.35. The lowest BCUT2D eigenvalue weighted by Gasteiger charge is -2.08. The van der Waals surface area contributed by atoms with Crippen LogP contribution in [0.1, 0.15) is 5.82 Å². The molecule has 0 fully saturated rings. The minimum atomic E-state index is -0.466. The molecule has 0 aliphatic heterocycles. The second-order valence-electron chi connectivity index (χ2n) is 4.23. The maximum absolute atomic E-state index is 13.7. The Labute approximate surface area is 138 Å². The van der Waals surface area contributed by atoms with Gasteiger partial charge in [0.2, 0.25) is 0 Å². The normalized spacial score (nSPS) is 11.2. The van der Waals surface area contributed by atoms with E-state index >= 15 is 0 Å². The number of alkyl halides is 1. The Kier molecular flexibility index (Phi) is 3.88. The number of nitrogens with zero attached hydrogens (tertiary/aromatic N) is 2. The molecule has 1 heterocycles. The van der Waals surface area contributed by atoms with Gasteiger partial charge in [0.1, 0.15) is 11.6 Å². The molecule has 0 saturated heterocycles. The lowest BCUT2D eigenvalue weighted by molar-refractivity contribution is 0.629. The van der Waals surface area contributed by atoms with Gasteiger partial charge in [0, 0.05) is 15.3 Å².